The maximum absolute atomic E-state index is 13.3. The largest absolute Gasteiger partial charge is 0.466 e. The van der Waals surface area contributed by atoms with Crippen LogP contribution >= 0.6 is 0 Å². The van der Waals surface area contributed by atoms with E-state index >= 15 is 0 Å². The van der Waals surface area contributed by atoms with Crippen LogP contribution in [-0.4, -0.2) is 84.6 Å². The molecular weight excluding hydrogens is 512 g/mol. The maximum Gasteiger partial charge on any atom is 0.302 e. The van der Waals surface area contributed by atoms with Crippen molar-refractivity contribution >= 4 is 29.6 Å². The Kier molecular flexibility index (Phi) is 10.2. The minimum Gasteiger partial charge on any atom is -0.466 e. The van der Waals surface area contributed by atoms with Gasteiger partial charge >= 0.3 is 5.97 Å². The van der Waals surface area contributed by atoms with Gasteiger partial charge in [0.25, 0.3) is 23.6 Å². The summed E-state index contributed by atoms with van der Waals surface area (Å²) < 4.78 is 9.92. The molecule has 0 bridgehead atoms. The number of nitrogens with one attached hydrogen (secondary N) is 2. The molecule has 3 saturated heterocycles. The zero-order valence-corrected chi connectivity index (χ0v) is 23.0. The van der Waals surface area contributed by atoms with Crippen molar-refractivity contribution in [1.29, 1.82) is 0 Å². The van der Waals surface area contributed by atoms with Crippen LogP contribution in [0, 0.1) is 0 Å². The zero-order valence-electron chi connectivity index (χ0n) is 23.0. The van der Waals surface area contributed by atoms with Crippen LogP contribution in [-0.2, 0) is 43.1 Å². The molecule has 3 rings (SSSR count). The van der Waals surface area contributed by atoms with E-state index in [0.29, 0.717) is 38.7 Å². The molecule has 3 aliphatic rings. The summed E-state index contributed by atoms with van der Waals surface area (Å²) in [5, 5.41) is 7.39. The van der Waals surface area contributed by atoms with Gasteiger partial charge in [-0.15, -0.1) is 0 Å². The van der Waals surface area contributed by atoms with Gasteiger partial charge in [-0.3, -0.25) is 24.0 Å². The second-order valence-electron chi connectivity index (χ2n) is 10.0. The molecular formula is C26H38N4O9. The lowest BCUT2D eigenvalue weighted by Crippen LogP contribution is -2.79. The number of hydrogen-bond acceptors (Lipinski definition) is 9. The fourth-order valence-corrected chi connectivity index (χ4v) is 4.52. The average molecular weight is 551 g/mol. The number of ether oxygens (including phenoxy) is 2. The third kappa shape index (κ3) is 7.64. The number of esters is 1. The summed E-state index contributed by atoms with van der Waals surface area (Å²) >= 11 is 0. The number of rotatable bonds is 9. The van der Waals surface area contributed by atoms with Crippen LogP contribution in [0.2, 0.25) is 0 Å². The molecule has 13 heteroatoms. The SMILES string of the molecule is COCC/C(C)=C/C(=O)N1CCC[C@@]2(NC(=O)[C@]3(CCCN(C(=O)/C=C(\C)CCCOC(C)=O)O3)NC2=O)O1. The molecule has 0 aromatic carbocycles. The number of nitrogens with zero attached hydrogens (tertiary/aromatic N) is 2. The summed E-state index contributed by atoms with van der Waals surface area (Å²) in [6.45, 7) is 6.10. The van der Waals surface area contributed by atoms with Crippen LogP contribution in [0.25, 0.3) is 0 Å². The van der Waals surface area contributed by atoms with E-state index in [1.54, 1.807) is 21.0 Å². The lowest BCUT2D eigenvalue weighted by Gasteiger charge is -2.49. The van der Waals surface area contributed by atoms with Crippen molar-refractivity contribution in [3.63, 3.8) is 0 Å². The predicted molar refractivity (Wildman–Crippen MR) is 136 cm³/mol. The van der Waals surface area contributed by atoms with Gasteiger partial charge in [-0.2, -0.15) is 0 Å². The Morgan fingerprint density at radius 3 is 1.79 bits per heavy atom. The van der Waals surface area contributed by atoms with E-state index in [4.69, 9.17) is 19.1 Å². The van der Waals surface area contributed by atoms with E-state index in [-0.39, 0.29) is 38.5 Å². The molecule has 2 N–H and O–H groups in total. The Labute approximate surface area is 227 Å². The van der Waals surface area contributed by atoms with E-state index in [1.165, 1.54) is 19.1 Å². The van der Waals surface area contributed by atoms with Crippen LogP contribution in [0.1, 0.15) is 65.7 Å². The highest BCUT2D eigenvalue weighted by atomic mass is 16.7. The van der Waals surface area contributed by atoms with Crippen molar-refractivity contribution in [3.05, 3.63) is 23.3 Å². The number of amides is 4. The Morgan fingerprint density at radius 2 is 1.33 bits per heavy atom. The first-order valence-electron chi connectivity index (χ1n) is 13.1. The highest BCUT2D eigenvalue weighted by Crippen LogP contribution is 2.33. The molecule has 0 aliphatic carbocycles. The fourth-order valence-electron chi connectivity index (χ4n) is 4.52. The van der Waals surface area contributed by atoms with E-state index in [2.05, 4.69) is 10.6 Å². The summed E-state index contributed by atoms with van der Waals surface area (Å²) in [4.78, 5) is 74.7. The molecule has 0 radical (unpaired) electrons. The van der Waals surface area contributed by atoms with Gasteiger partial charge in [-0.25, -0.2) is 19.8 Å². The van der Waals surface area contributed by atoms with Crippen LogP contribution < -0.4 is 10.6 Å². The second kappa shape index (κ2) is 13.2. The predicted octanol–water partition coefficient (Wildman–Crippen LogP) is 1.01. The molecule has 4 amide bonds. The molecule has 39 heavy (non-hydrogen) atoms. The van der Waals surface area contributed by atoms with Crippen LogP contribution in [0.3, 0.4) is 0 Å². The minimum atomic E-state index is -1.78. The summed E-state index contributed by atoms with van der Waals surface area (Å²) in [7, 11) is 1.57. The summed E-state index contributed by atoms with van der Waals surface area (Å²) in [5.41, 5.74) is -2.01. The molecule has 216 valence electrons. The van der Waals surface area contributed by atoms with E-state index in [9.17, 15) is 24.0 Å². The molecule has 0 aromatic heterocycles. The molecule has 2 spiro atoms. The van der Waals surface area contributed by atoms with Crippen LogP contribution in [0.5, 0.6) is 0 Å². The van der Waals surface area contributed by atoms with Gasteiger partial charge < -0.3 is 20.1 Å². The van der Waals surface area contributed by atoms with E-state index in [0.717, 1.165) is 21.3 Å². The van der Waals surface area contributed by atoms with E-state index in [1.807, 2.05) is 0 Å². The Bertz CT molecular complexity index is 1040. The molecule has 3 fully saturated rings. The zero-order chi connectivity index (χ0) is 28.6. The van der Waals surface area contributed by atoms with Crippen molar-refractivity contribution in [2.75, 3.05) is 33.4 Å². The number of carbonyl (C=O) groups is 5. The number of piperazine rings is 1. The normalized spacial score (nSPS) is 25.9. The molecule has 0 saturated carbocycles. The van der Waals surface area contributed by atoms with Gasteiger partial charge in [-0.1, -0.05) is 11.1 Å². The third-order valence-electron chi connectivity index (χ3n) is 6.63. The number of carbonyl (C=O) groups excluding carboxylic acids is 5. The number of hydroxylamine groups is 4. The van der Waals surface area contributed by atoms with Crippen molar-refractivity contribution < 1.29 is 43.1 Å². The quantitative estimate of drug-likeness (QED) is 0.243. The molecule has 13 nitrogen and oxygen atoms in total. The minimum absolute atomic E-state index is 0.152. The molecule has 3 heterocycles. The molecule has 0 aromatic rings. The highest BCUT2D eigenvalue weighted by molar-refractivity contribution is 6.01. The molecule has 3 aliphatic heterocycles. The Balaban J connectivity index is 1.64. The van der Waals surface area contributed by atoms with Gasteiger partial charge in [0.1, 0.15) is 0 Å². The third-order valence-corrected chi connectivity index (χ3v) is 6.63. The number of methoxy groups -OCH3 is 1. The smallest absolute Gasteiger partial charge is 0.302 e. The summed E-state index contributed by atoms with van der Waals surface area (Å²) in [6, 6.07) is 0. The van der Waals surface area contributed by atoms with Crippen molar-refractivity contribution in [2.45, 2.75) is 77.2 Å². The van der Waals surface area contributed by atoms with Crippen molar-refractivity contribution in [3.8, 4) is 0 Å². The molecule has 0 unspecified atom stereocenters. The maximum atomic E-state index is 13.3. The van der Waals surface area contributed by atoms with Gasteiger partial charge in [0.2, 0.25) is 11.4 Å². The fraction of sp³-hybridized carbons (Fsp3) is 0.654. The van der Waals surface area contributed by atoms with Crippen molar-refractivity contribution in [1.82, 2.24) is 20.8 Å². The first kappa shape index (κ1) is 30.3. The lowest BCUT2D eigenvalue weighted by atomic mass is 9.95. The second-order valence-corrected chi connectivity index (χ2v) is 10.0. The van der Waals surface area contributed by atoms with Crippen LogP contribution in [0.4, 0.5) is 0 Å². The van der Waals surface area contributed by atoms with Crippen LogP contribution in [0.15, 0.2) is 23.3 Å². The first-order valence-corrected chi connectivity index (χ1v) is 13.1. The summed E-state index contributed by atoms with van der Waals surface area (Å²) in [6.07, 6.45) is 5.61. The summed E-state index contributed by atoms with van der Waals surface area (Å²) in [5.74, 6) is -2.60. The first-order chi connectivity index (χ1) is 18.5. The standard InChI is InChI=1S/C26H38N4O9/c1-18(8-5-14-37-20(3)31)16-21(32)29-12-6-10-25(38-29)23(34)28-26(24(35)27-25)11-7-13-30(39-26)22(33)17-19(2)9-15-36-4/h16-17H,5-15H2,1-4H3,(H,27,35)(H,28,34)/b18-16+,19-17+/t25-,26-/m1/s1. The highest BCUT2D eigenvalue weighted by Gasteiger charge is 2.59. The molecule has 2 atom stereocenters. The number of hydrogen-bond donors (Lipinski definition) is 2. The van der Waals surface area contributed by atoms with Gasteiger partial charge in [0.15, 0.2) is 0 Å². The van der Waals surface area contributed by atoms with Crippen molar-refractivity contribution in [2.24, 2.45) is 0 Å². The monoisotopic (exact) mass is 550 g/mol. The van der Waals surface area contributed by atoms with E-state index < -0.39 is 35.1 Å². The average Bonchev–Trinajstić information content (AvgIpc) is 2.89. The topological polar surface area (TPSA) is 153 Å². The Morgan fingerprint density at radius 1 is 0.846 bits per heavy atom. The lowest BCUT2D eigenvalue weighted by molar-refractivity contribution is -0.290. The van der Waals surface area contributed by atoms with Gasteiger partial charge in [0, 0.05) is 58.7 Å². The number of allylic oxidation sites excluding steroid dienone is 1. The Hall–Kier alpha value is -3.29. The van der Waals surface area contributed by atoms with Gasteiger partial charge in [0.05, 0.1) is 6.61 Å². The van der Waals surface area contributed by atoms with Gasteiger partial charge in [-0.05, 0) is 46.0 Å².